The summed E-state index contributed by atoms with van der Waals surface area (Å²) in [5.74, 6) is 0.0394. The molecule has 0 radical (unpaired) electrons. The molecule has 6 N–H and O–H groups in total. The van der Waals surface area contributed by atoms with Crippen LogP contribution in [0.3, 0.4) is 0 Å². The maximum absolute atomic E-state index is 8.55. The summed E-state index contributed by atoms with van der Waals surface area (Å²) in [6.45, 7) is -0.206. The predicted molar refractivity (Wildman–Crippen MR) is 29.0 cm³/mol. The summed E-state index contributed by atoms with van der Waals surface area (Å²) in [7, 11) is -5.39. The molecule has 0 aromatic carbocycles. The van der Waals surface area contributed by atoms with Gasteiger partial charge in [-0.3, -0.25) is 16.5 Å². The van der Waals surface area contributed by atoms with Gasteiger partial charge in [-0.25, -0.2) is 0 Å². The molecule has 0 fully saturated rings. The molecule has 0 aromatic heterocycles. The summed E-state index contributed by atoms with van der Waals surface area (Å²) < 4.78 is 8.55. The molecule has 68 valence electrons. The zero-order chi connectivity index (χ0) is 9.49. The second-order valence-electron chi connectivity index (χ2n) is 1.24. The van der Waals surface area contributed by atoms with Gasteiger partial charge in [-0.2, -0.15) is 7.82 Å². The predicted octanol–water partition coefficient (Wildman–Crippen LogP) is -6.53. The number of nitrogens with one attached hydrogen (secondary N) is 1. The highest BCUT2D eigenvalue weighted by Crippen LogP contribution is 2.03. The quantitative estimate of drug-likeness (QED) is 0.136. The van der Waals surface area contributed by atoms with Crippen molar-refractivity contribution in [2.75, 3.05) is 6.73 Å². The number of aliphatic hydroxyl groups excluding tert-OH is 1. The van der Waals surface area contributed by atoms with Crippen molar-refractivity contribution in [1.82, 2.24) is 0 Å². The second-order valence-corrected chi connectivity index (χ2v) is 2.13. The summed E-state index contributed by atoms with van der Waals surface area (Å²) in [6.07, 6.45) is 0. The Morgan fingerprint density at radius 3 is 1.73 bits per heavy atom. The molecule has 0 rings (SSSR count). The van der Waals surface area contributed by atoms with Crippen LogP contribution in [0.2, 0.25) is 0 Å². The Hall–Kier alpha value is -0.660. The van der Waals surface area contributed by atoms with Gasteiger partial charge in [-0.15, -0.1) is 0 Å². The highest BCUT2D eigenvalue weighted by Gasteiger charge is 1.76. The Balaban J connectivity index is 0. The van der Waals surface area contributed by atoms with Crippen LogP contribution >= 0.6 is 7.82 Å². The fourth-order valence-electron chi connectivity index (χ4n) is 0.0913. The molecule has 0 aliphatic rings. The number of hydrogen-bond acceptors (Lipinski definition) is 5. The molecule has 0 atom stereocenters. The molecule has 0 saturated carbocycles. The van der Waals surface area contributed by atoms with Gasteiger partial charge in [0.15, 0.2) is 6.73 Å². The lowest BCUT2D eigenvalue weighted by Gasteiger charge is -2.36. The first-order valence-electron chi connectivity index (χ1n) is 2.23. The molecule has 9 heteroatoms. The van der Waals surface area contributed by atoms with Crippen molar-refractivity contribution in [2.24, 2.45) is 11.5 Å². The largest absolute Gasteiger partial charge is 0.822 e. The minimum atomic E-state index is -5.39. The lowest BCUT2D eigenvalue weighted by atomic mass is 11.0. The molecule has 11 heavy (non-hydrogen) atoms. The number of rotatable bonds is 1. The zero-order valence-corrected chi connectivity index (χ0v) is 6.28. The standard InChI is InChI=1S/C2H7N3O.H3O4P/c3-2(4)5-1-6;1-5(2,3)4/h6H,1H2,(H4,3,4,5);(H3,1,2,3,4)/p-2. The summed E-state index contributed by atoms with van der Waals surface area (Å²) in [4.78, 5) is 27.9. The van der Waals surface area contributed by atoms with Gasteiger partial charge in [0.25, 0.3) is 0 Å². The van der Waals surface area contributed by atoms with Gasteiger partial charge in [0, 0.05) is 0 Å². The van der Waals surface area contributed by atoms with Crippen molar-refractivity contribution in [3.63, 3.8) is 0 Å². The fraction of sp³-hybridized carbons (Fsp3) is 0.500. The summed E-state index contributed by atoms with van der Waals surface area (Å²) in [6, 6.07) is 0. The van der Waals surface area contributed by atoms with Crippen molar-refractivity contribution in [2.45, 2.75) is 0 Å². The third kappa shape index (κ3) is 91.9. The summed E-state index contributed by atoms with van der Waals surface area (Å²) in [5.41, 5.74) is 9.65. The Labute approximate surface area is 62.4 Å². The van der Waals surface area contributed by atoms with Crippen LogP contribution in [0, 0.1) is 0 Å². The first kappa shape index (κ1) is 13.0. The van der Waals surface area contributed by atoms with Crippen molar-refractivity contribution in [3.05, 3.63) is 0 Å². The Morgan fingerprint density at radius 2 is 1.73 bits per heavy atom. The van der Waals surface area contributed by atoms with E-state index in [0.717, 1.165) is 0 Å². The molecule has 0 aromatic rings. The van der Waals surface area contributed by atoms with Crippen LogP contribution in [0.1, 0.15) is 0 Å². The van der Waals surface area contributed by atoms with Gasteiger partial charge >= 0.3 is 5.96 Å². The van der Waals surface area contributed by atoms with E-state index in [-0.39, 0.29) is 12.7 Å². The average Bonchev–Trinajstić information content (AvgIpc) is 1.58. The number of nitrogens with two attached hydrogens (primary N) is 2. The normalized spacial score (nSPS) is 9.45. The van der Waals surface area contributed by atoms with Crippen molar-refractivity contribution in [3.8, 4) is 0 Å². The van der Waals surface area contributed by atoms with Gasteiger partial charge in [-0.1, -0.05) is 0 Å². The van der Waals surface area contributed by atoms with Gasteiger partial charge in [-0.05, 0) is 0 Å². The third-order valence-electron chi connectivity index (χ3n) is 0.283. The van der Waals surface area contributed by atoms with E-state index in [1.807, 2.05) is 0 Å². The maximum Gasteiger partial charge on any atom is 0.340 e. The molecular formula is C2H8N3O5P-2. The number of guanidine groups is 1. The van der Waals surface area contributed by atoms with Crippen LogP contribution in [0.4, 0.5) is 0 Å². The topological polar surface area (TPSA) is 172 Å². The van der Waals surface area contributed by atoms with Gasteiger partial charge < -0.3 is 24.4 Å². The molecule has 0 bridgehead atoms. The van der Waals surface area contributed by atoms with E-state index < -0.39 is 7.82 Å². The molecule has 0 saturated heterocycles. The molecule has 0 aliphatic heterocycles. The van der Waals surface area contributed by atoms with E-state index in [1.165, 1.54) is 0 Å². The average molecular weight is 185 g/mol. The highest BCUT2D eigenvalue weighted by atomic mass is 31.2. The van der Waals surface area contributed by atoms with E-state index >= 15 is 0 Å². The lowest BCUT2D eigenvalue weighted by Crippen LogP contribution is -2.78. The first-order valence-corrected chi connectivity index (χ1v) is 3.69. The van der Waals surface area contributed by atoms with Crippen LogP contribution < -0.4 is 31.1 Å². The van der Waals surface area contributed by atoms with E-state index in [2.05, 4.69) is 4.99 Å². The van der Waals surface area contributed by atoms with Crippen molar-refractivity contribution in [1.29, 1.82) is 0 Å². The number of aliphatic hydroxyl groups is 1. The second kappa shape index (κ2) is 6.08. The monoisotopic (exact) mass is 185 g/mol. The minimum absolute atomic E-state index is 0.0394. The number of hydrogen-bond donors (Lipinski definition) is 4. The van der Waals surface area contributed by atoms with Crippen LogP contribution in [0.15, 0.2) is 0 Å². The molecule has 0 heterocycles. The molecule has 0 spiro atoms. The van der Waals surface area contributed by atoms with Gasteiger partial charge in [0.1, 0.15) is 0 Å². The SMILES string of the molecule is NC(N)=[NH+]CO.O=P([O-])([O-])[O-]. The Kier molecular flexibility index (Phi) is 7.16. The molecule has 0 amide bonds. The lowest BCUT2D eigenvalue weighted by molar-refractivity contribution is -0.503. The molecular weight excluding hydrogens is 177 g/mol. The van der Waals surface area contributed by atoms with E-state index in [0.29, 0.717) is 0 Å². The van der Waals surface area contributed by atoms with Crippen LogP contribution in [0.5, 0.6) is 0 Å². The van der Waals surface area contributed by atoms with E-state index in [9.17, 15) is 0 Å². The molecule has 0 aliphatic carbocycles. The Bertz CT molecular complexity index is 151. The maximum atomic E-state index is 8.55. The van der Waals surface area contributed by atoms with Crippen molar-refractivity contribution >= 4 is 13.8 Å². The summed E-state index contributed by atoms with van der Waals surface area (Å²) >= 11 is 0. The Morgan fingerprint density at radius 1 is 1.45 bits per heavy atom. The van der Waals surface area contributed by atoms with E-state index in [4.69, 9.17) is 35.8 Å². The fourth-order valence-corrected chi connectivity index (χ4v) is 0.0913. The van der Waals surface area contributed by atoms with Crippen LogP contribution in [-0.4, -0.2) is 17.8 Å². The zero-order valence-electron chi connectivity index (χ0n) is 5.39. The molecule has 0 unspecified atom stereocenters. The van der Waals surface area contributed by atoms with Gasteiger partial charge in [0.05, 0.1) is 0 Å². The van der Waals surface area contributed by atoms with Gasteiger partial charge in [0.2, 0.25) is 0 Å². The smallest absolute Gasteiger partial charge is 0.340 e. The minimum Gasteiger partial charge on any atom is -0.822 e. The number of phosphoric acid groups is 1. The van der Waals surface area contributed by atoms with Crippen molar-refractivity contribution < 1.29 is 29.3 Å². The highest BCUT2D eigenvalue weighted by molar-refractivity contribution is 7.40. The van der Waals surface area contributed by atoms with Crippen LogP contribution in [0.25, 0.3) is 0 Å². The van der Waals surface area contributed by atoms with E-state index in [1.54, 1.807) is 0 Å². The molecule has 8 nitrogen and oxygen atoms in total. The van der Waals surface area contributed by atoms with Crippen LogP contribution in [-0.2, 0) is 4.57 Å². The third-order valence-corrected chi connectivity index (χ3v) is 0.283. The summed E-state index contributed by atoms with van der Waals surface area (Å²) in [5, 5.41) is 7.94. The first-order chi connectivity index (χ1) is 4.77.